The third kappa shape index (κ3) is 2.37. The van der Waals surface area contributed by atoms with Crippen molar-refractivity contribution >= 4 is 39.5 Å². The minimum absolute atomic E-state index is 0.540. The highest BCUT2D eigenvalue weighted by atomic mass is 35.5. The van der Waals surface area contributed by atoms with Gasteiger partial charge in [0.25, 0.3) is 0 Å². The minimum atomic E-state index is 0.540. The lowest BCUT2D eigenvalue weighted by atomic mass is 10.2. The van der Waals surface area contributed by atoms with Gasteiger partial charge in [0.05, 0.1) is 15.7 Å². The first-order valence-electron chi connectivity index (χ1n) is 5.80. The van der Waals surface area contributed by atoms with E-state index in [1.165, 1.54) is 5.69 Å². The Balaban J connectivity index is 2.07. The van der Waals surface area contributed by atoms with Crippen LogP contribution in [-0.4, -0.2) is 15.9 Å². The monoisotopic (exact) mass is 311 g/mol. The molecule has 0 aliphatic heterocycles. The largest absolute Gasteiger partial charge is 0.330 e. The molecule has 98 valence electrons. The Morgan fingerprint density at radius 2 is 2.11 bits per heavy atom. The fourth-order valence-electron chi connectivity index (χ4n) is 1.95. The van der Waals surface area contributed by atoms with E-state index in [-0.39, 0.29) is 0 Å². The van der Waals surface area contributed by atoms with Crippen LogP contribution in [0.1, 0.15) is 5.69 Å². The number of nitrogens with two attached hydrogens (primary N) is 1. The van der Waals surface area contributed by atoms with E-state index in [9.17, 15) is 0 Å². The number of aromatic nitrogens is 2. The van der Waals surface area contributed by atoms with Crippen LogP contribution in [0.2, 0.25) is 10.0 Å². The van der Waals surface area contributed by atoms with Crippen molar-refractivity contribution in [3.63, 3.8) is 0 Å². The van der Waals surface area contributed by atoms with Gasteiger partial charge in [-0.3, -0.25) is 4.40 Å². The Labute approximate surface area is 124 Å². The Bertz CT molecular complexity index is 733. The molecule has 0 saturated carbocycles. The first-order valence-corrected chi connectivity index (χ1v) is 7.43. The topological polar surface area (TPSA) is 43.3 Å². The number of hydrogen-bond acceptors (Lipinski definition) is 3. The van der Waals surface area contributed by atoms with Gasteiger partial charge in [-0.15, -0.1) is 11.3 Å². The molecule has 0 spiro atoms. The predicted octanol–water partition coefficient (Wildman–Crippen LogP) is 3.87. The van der Waals surface area contributed by atoms with E-state index in [0.717, 1.165) is 22.6 Å². The maximum absolute atomic E-state index is 6.04. The first kappa shape index (κ1) is 12.9. The van der Waals surface area contributed by atoms with Gasteiger partial charge < -0.3 is 5.73 Å². The average molecular weight is 312 g/mol. The molecule has 0 fully saturated rings. The summed E-state index contributed by atoms with van der Waals surface area (Å²) in [5.74, 6) is 0. The third-order valence-corrected chi connectivity index (χ3v) is 4.53. The normalized spacial score (nSPS) is 11.3. The summed E-state index contributed by atoms with van der Waals surface area (Å²) in [5, 5.41) is 3.18. The molecule has 19 heavy (non-hydrogen) atoms. The fraction of sp³-hybridized carbons (Fsp3) is 0.154. The van der Waals surface area contributed by atoms with Crippen LogP contribution in [0.25, 0.3) is 16.2 Å². The third-order valence-electron chi connectivity index (χ3n) is 2.90. The van der Waals surface area contributed by atoms with E-state index >= 15 is 0 Å². The molecule has 0 amide bonds. The average Bonchev–Trinajstić information content (AvgIpc) is 2.95. The highest BCUT2D eigenvalue weighted by Gasteiger charge is 2.10. The zero-order valence-electron chi connectivity index (χ0n) is 9.94. The zero-order valence-corrected chi connectivity index (χ0v) is 12.3. The quantitative estimate of drug-likeness (QED) is 0.798. The zero-order chi connectivity index (χ0) is 13.4. The van der Waals surface area contributed by atoms with Crippen LogP contribution in [0.15, 0.2) is 29.8 Å². The summed E-state index contributed by atoms with van der Waals surface area (Å²) < 4.78 is 2.08. The number of fused-ring (bicyclic) bond motifs is 1. The van der Waals surface area contributed by atoms with Gasteiger partial charge in [-0.1, -0.05) is 29.3 Å². The second kappa shape index (κ2) is 5.13. The van der Waals surface area contributed by atoms with Crippen molar-refractivity contribution in [1.82, 2.24) is 9.38 Å². The Hall–Kier alpha value is -1.07. The van der Waals surface area contributed by atoms with Crippen molar-refractivity contribution in [3.8, 4) is 11.3 Å². The highest BCUT2D eigenvalue weighted by Crippen LogP contribution is 2.29. The van der Waals surface area contributed by atoms with E-state index in [1.807, 2.05) is 18.3 Å². The second-order valence-corrected chi connectivity index (χ2v) is 5.82. The molecular weight excluding hydrogens is 301 g/mol. The first-order chi connectivity index (χ1) is 9.19. The number of benzene rings is 1. The van der Waals surface area contributed by atoms with Gasteiger partial charge in [-0.25, -0.2) is 4.98 Å². The van der Waals surface area contributed by atoms with Crippen molar-refractivity contribution < 1.29 is 0 Å². The molecule has 0 unspecified atom stereocenters. The van der Waals surface area contributed by atoms with Crippen molar-refractivity contribution in [2.75, 3.05) is 6.54 Å². The van der Waals surface area contributed by atoms with E-state index in [1.54, 1.807) is 17.4 Å². The number of imidazole rings is 1. The number of nitrogens with zero attached hydrogens (tertiary/aromatic N) is 2. The van der Waals surface area contributed by atoms with Gasteiger partial charge in [0.1, 0.15) is 0 Å². The van der Waals surface area contributed by atoms with E-state index in [2.05, 4.69) is 14.8 Å². The standard InChI is InChI=1S/C13H11Cl2N3S/c14-10-2-1-8(5-11(10)15)12-6-18-9(3-4-16)7-19-13(18)17-12/h1-2,5-7H,3-4,16H2. The number of rotatable bonds is 3. The molecule has 3 aromatic rings. The molecule has 2 aromatic heterocycles. The summed E-state index contributed by atoms with van der Waals surface area (Å²) in [6.45, 7) is 0.631. The molecule has 0 saturated heterocycles. The molecule has 2 N–H and O–H groups in total. The van der Waals surface area contributed by atoms with Crippen LogP contribution in [0.3, 0.4) is 0 Å². The minimum Gasteiger partial charge on any atom is -0.330 e. The lowest BCUT2D eigenvalue weighted by molar-refractivity contribution is 0.909. The molecule has 3 nitrogen and oxygen atoms in total. The van der Waals surface area contributed by atoms with Gasteiger partial charge in [-0.2, -0.15) is 0 Å². The molecule has 6 heteroatoms. The van der Waals surface area contributed by atoms with Crippen LogP contribution in [0.4, 0.5) is 0 Å². The number of halogens is 2. The molecule has 2 heterocycles. The SMILES string of the molecule is NCCc1csc2nc(-c3ccc(Cl)c(Cl)c3)cn12. The molecule has 0 aliphatic rings. The van der Waals surface area contributed by atoms with Crippen molar-refractivity contribution in [2.24, 2.45) is 5.73 Å². The van der Waals surface area contributed by atoms with Crippen LogP contribution in [0.5, 0.6) is 0 Å². The van der Waals surface area contributed by atoms with Gasteiger partial charge in [0, 0.05) is 29.3 Å². The van der Waals surface area contributed by atoms with Gasteiger partial charge in [0.2, 0.25) is 0 Å². The lowest BCUT2D eigenvalue weighted by Crippen LogP contribution is -2.04. The van der Waals surface area contributed by atoms with Gasteiger partial charge in [-0.05, 0) is 18.7 Å². The summed E-state index contributed by atoms with van der Waals surface area (Å²) in [4.78, 5) is 5.56. The molecule has 3 rings (SSSR count). The van der Waals surface area contributed by atoms with Crippen molar-refractivity contribution in [2.45, 2.75) is 6.42 Å². The maximum Gasteiger partial charge on any atom is 0.194 e. The van der Waals surface area contributed by atoms with Crippen molar-refractivity contribution in [1.29, 1.82) is 0 Å². The van der Waals surface area contributed by atoms with Crippen molar-refractivity contribution in [3.05, 3.63) is 45.5 Å². The molecule has 1 aromatic carbocycles. The van der Waals surface area contributed by atoms with Gasteiger partial charge >= 0.3 is 0 Å². The fourth-order valence-corrected chi connectivity index (χ4v) is 3.16. The molecular formula is C13H11Cl2N3S. The number of thiazole rings is 1. The summed E-state index contributed by atoms with van der Waals surface area (Å²) in [6, 6.07) is 5.54. The highest BCUT2D eigenvalue weighted by molar-refractivity contribution is 7.15. The molecule has 0 atom stereocenters. The summed E-state index contributed by atoms with van der Waals surface area (Å²) in [5.41, 5.74) is 8.64. The number of hydrogen-bond donors (Lipinski definition) is 1. The maximum atomic E-state index is 6.04. The molecule has 0 aliphatic carbocycles. The molecule has 0 bridgehead atoms. The smallest absolute Gasteiger partial charge is 0.194 e. The van der Waals surface area contributed by atoms with Gasteiger partial charge in [0.15, 0.2) is 4.96 Å². The van der Waals surface area contributed by atoms with Crippen LogP contribution >= 0.6 is 34.5 Å². The summed E-state index contributed by atoms with van der Waals surface area (Å²) >= 11 is 13.6. The Kier molecular flexibility index (Phi) is 3.50. The van der Waals surface area contributed by atoms with E-state index < -0.39 is 0 Å². The van der Waals surface area contributed by atoms with Crippen LogP contribution in [-0.2, 0) is 6.42 Å². The summed E-state index contributed by atoms with van der Waals surface area (Å²) in [6.07, 6.45) is 2.85. The predicted molar refractivity (Wildman–Crippen MR) is 81.3 cm³/mol. The molecule has 0 radical (unpaired) electrons. The Morgan fingerprint density at radius 3 is 2.84 bits per heavy atom. The van der Waals surface area contributed by atoms with E-state index in [0.29, 0.717) is 16.6 Å². The summed E-state index contributed by atoms with van der Waals surface area (Å²) in [7, 11) is 0. The lowest BCUT2D eigenvalue weighted by Gasteiger charge is -1.99. The second-order valence-electron chi connectivity index (χ2n) is 4.17. The Morgan fingerprint density at radius 1 is 1.26 bits per heavy atom. The van der Waals surface area contributed by atoms with E-state index in [4.69, 9.17) is 28.9 Å². The van der Waals surface area contributed by atoms with Crippen LogP contribution < -0.4 is 5.73 Å². The van der Waals surface area contributed by atoms with Crippen LogP contribution in [0, 0.1) is 0 Å².